The molecule has 3 aliphatic rings. The van der Waals surface area contributed by atoms with Crippen LogP contribution in [-0.4, -0.2) is 54.5 Å². The molecule has 134 valence electrons. The molecule has 1 aromatic rings. The minimum absolute atomic E-state index is 0.0577. The first-order valence-corrected chi connectivity index (χ1v) is 9.20. The number of nitrogens with zero attached hydrogens (tertiary/aromatic N) is 1. The second-order valence-electron chi connectivity index (χ2n) is 7.27. The van der Waals surface area contributed by atoms with Crippen molar-refractivity contribution in [1.82, 2.24) is 15.8 Å². The summed E-state index contributed by atoms with van der Waals surface area (Å²) >= 11 is 0. The maximum Gasteiger partial charge on any atom is 0.241 e. The monoisotopic (exact) mass is 343 g/mol. The highest BCUT2D eigenvalue weighted by molar-refractivity contribution is 5.96. The van der Waals surface area contributed by atoms with Crippen LogP contribution in [0.3, 0.4) is 0 Å². The van der Waals surface area contributed by atoms with E-state index in [0.29, 0.717) is 43.7 Å². The summed E-state index contributed by atoms with van der Waals surface area (Å²) in [7, 11) is 0. The topological polar surface area (TPSA) is 70.7 Å². The summed E-state index contributed by atoms with van der Waals surface area (Å²) < 4.78 is 5.55. The van der Waals surface area contributed by atoms with Gasteiger partial charge in [-0.3, -0.25) is 15.0 Å². The summed E-state index contributed by atoms with van der Waals surface area (Å²) in [5.41, 5.74) is 7.13. The normalized spacial score (nSPS) is 29.6. The summed E-state index contributed by atoms with van der Waals surface area (Å²) in [6, 6.07) is 9.28. The van der Waals surface area contributed by atoms with Crippen LogP contribution in [0.4, 0.5) is 0 Å². The van der Waals surface area contributed by atoms with Crippen LogP contribution in [0.1, 0.15) is 36.0 Å². The number of amides is 1. The molecule has 2 aliphatic heterocycles. The predicted molar refractivity (Wildman–Crippen MR) is 92.9 cm³/mol. The van der Waals surface area contributed by atoms with Crippen LogP contribution in [0.25, 0.3) is 0 Å². The molecule has 0 radical (unpaired) electrons. The van der Waals surface area contributed by atoms with Gasteiger partial charge in [0.15, 0.2) is 5.78 Å². The number of benzene rings is 1. The number of hydrogen-bond acceptors (Lipinski definition) is 5. The van der Waals surface area contributed by atoms with E-state index in [9.17, 15) is 9.59 Å². The van der Waals surface area contributed by atoms with Crippen molar-refractivity contribution in [3.8, 4) is 0 Å². The molecule has 3 fully saturated rings. The minimum atomic E-state index is -0.196. The molecular weight excluding hydrogens is 318 g/mol. The van der Waals surface area contributed by atoms with Crippen molar-refractivity contribution in [2.24, 2.45) is 5.92 Å². The molecule has 2 N–H and O–H groups in total. The first-order chi connectivity index (χ1) is 12.2. The van der Waals surface area contributed by atoms with E-state index in [-0.39, 0.29) is 23.8 Å². The Kier molecular flexibility index (Phi) is 4.83. The first kappa shape index (κ1) is 16.7. The fourth-order valence-corrected chi connectivity index (χ4v) is 3.82. The highest BCUT2D eigenvalue weighted by Gasteiger charge is 2.41. The number of ketones is 1. The van der Waals surface area contributed by atoms with Crippen LogP contribution in [0, 0.1) is 5.92 Å². The number of Topliss-reactive ketones (excluding diaryl/α,β-unsaturated/α-hetero) is 1. The molecule has 3 unspecified atom stereocenters. The van der Waals surface area contributed by atoms with Gasteiger partial charge in [-0.1, -0.05) is 30.3 Å². The van der Waals surface area contributed by atoms with Gasteiger partial charge in [0.1, 0.15) is 6.04 Å². The van der Waals surface area contributed by atoms with Crippen molar-refractivity contribution < 1.29 is 14.3 Å². The molecule has 6 heteroatoms. The van der Waals surface area contributed by atoms with Gasteiger partial charge in [0.05, 0.1) is 19.3 Å². The van der Waals surface area contributed by atoms with Gasteiger partial charge in [-0.25, -0.2) is 5.43 Å². The summed E-state index contributed by atoms with van der Waals surface area (Å²) in [6.07, 6.45) is 3.65. The predicted octanol–water partition coefficient (Wildman–Crippen LogP) is 1.13. The molecule has 1 saturated carbocycles. The SMILES string of the molecule is O=C(CC1COCCN1C(=O)C1CC(C2CC2)NN1)c1ccccc1. The number of hydrazine groups is 1. The molecule has 1 aliphatic carbocycles. The number of ether oxygens (including phenoxy) is 1. The van der Waals surface area contributed by atoms with Crippen molar-refractivity contribution in [3.05, 3.63) is 35.9 Å². The zero-order valence-electron chi connectivity index (χ0n) is 14.3. The fraction of sp³-hybridized carbons (Fsp3) is 0.579. The Labute approximate surface area is 147 Å². The Morgan fingerprint density at radius 3 is 2.72 bits per heavy atom. The zero-order valence-corrected chi connectivity index (χ0v) is 14.3. The number of rotatable bonds is 5. The molecule has 0 spiro atoms. The molecule has 2 heterocycles. The quantitative estimate of drug-likeness (QED) is 0.785. The van der Waals surface area contributed by atoms with Crippen LogP contribution in [0.5, 0.6) is 0 Å². The van der Waals surface area contributed by atoms with Gasteiger partial charge in [0, 0.05) is 24.6 Å². The summed E-state index contributed by atoms with van der Waals surface area (Å²) in [6.45, 7) is 1.52. The zero-order chi connectivity index (χ0) is 17.2. The van der Waals surface area contributed by atoms with Gasteiger partial charge in [-0.05, 0) is 25.2 Å². The number of nitrogens with one attached hydrogen (secondary N) is 2. The number of morpholine rings is 1. The third-order valence-electron chi connectivity index (χ3n) is 5.45. The fourth-order valence-electron chi connectivity index (χ4n) is 3.82. The second kappa shape index (κ2) is 7.23. The van der Waals surface area contributed by atoms with E-state index in [2.05, 4.69) is 10.9 Å². The van der Waals surface area contributed by atoms with E-state index in [1.165, 1.54) is 12.8 Å². The first-order valence-electron chi connectivity index (χ1n) is 9.20. The number of carbonyl (C=O) groups excluding carboxylic acids is 2. The van der Waals surface area contributed by atoms with E-state index in [1.54, 1.807) is 0 Å². The lowest BCUT2D eigenvalue weighted by Crippen LogP contribution is -2.55. The minimum Gasteiger partial charge on any atom is -0.377 e. The lowest BCUT2D eigenvalue weighted by Gasteiger charge is -2.36. The van der Waals surface area contributed by atoms with Crippen LogP contribution in [0.15, 0.2) is 30.3 Å². The Hall–Kier alpha value is -1.76. The number of carbonyl (C=O) groups is 2. The highest BCUT2D eigenvalue weighted by atomic mass is 16.5. The van der Waals surface area contributed by atoms with E-state index in [1.807, 2.05) is 35.2 Å². The van der Waals surface area contributed by atoms with Gasteiger partial charge in [-0.15, -0.1) is 0 Å². The van der Waals surface area contributed by atoms with Gasteiger partial charge in [0.2, 0.25) is 5.91 Å². The van der Waals surface area contributed by atoms with Crippen LogP contribution in [-0.2, 0) is 9.53 Å². The third kappa shape index (κ3) is 3.76. The lowest BCUT2D eigenvalue weighted by atomic mass is 10.0. The maximum absolute atomic E-state index is 13.0. The summed E-state index contributed by atoms with van der Waals surface area (Å²) in [5, 5.41) is 0. The number of hydrogen-bond donors (Lipinski definition) is 2. The van der Waals surface area contributed by atoms with Gasteiger partial charge in [0.25, 0.3) is 0 Å². The molecule has 2 saturated heterocycles. The van der Waals surface area contributed by atoms with E-state index < -0.39 is 0 Å². The Morgan fingerprint density at radius 1 is 1.16 bits per heavy atom. The van der Waals surface area contributed by atoms with E-state index in [4.69, 9.17) is 4.74 Å². The average molecular weight is 343 g/mol. The highest BCUT2D eigenvalue weighted by Crippen LogP contribution is 2.36. The molecule has 1 amide bonds. The lowest BCUT2D eigenvalue weighted by molar-refractivity contribution is -0.141. The van der Waals surface area contributed by atoms with Crippen molar-refractivity contribution in [3.63, 3.8) is 0 Å². The molecule has 0 bridgehead atoms. The molecule has 3 atom stereocenters. The Balaban J connectivity index is 1.40. The molecule has 0 aromatic heterocycles. The van der Waals surface area contributed by atoms with E-state index >= 15 is 0 Å². The van der Waals surface area contributed by atoms with Gasteiger partial charge in [-0.2, -0.15) is 0 Å². The Bertz CT molecular complexity index is 632. The average Bonchev–Trinajstić information content (AvgIpc) is 3.39. The molecule has 6 nitrogen and oxygen atoms in total. The van der Waals surface area contributed by atoms with Crippen molar-refractivity contribution in [2.45, 2.75) is 43.8 Å². The third-order valence-corrected chi connectivity index (χ3v) is 5.45. The van der Waals surface area contributed by atoms with Crippen LogP contribution < -0.4 is 10.9 Å². The van der Waals surface area contributed by atoms with Crippen LogP contribution >= 0.6 is 0 Å². The smallest absolute Gasteiger partial charge is 0.241 e. The standard InChI is InChI=1S/C19H25N3O3/c23-18(14-4-2-1-3-5-14)10-15-12-25-9-8-22(15)19(24)17-11-16(20-21-17)13-6-7-13/h1-5,13,15-17,20-21H,6-12H2. The summed E-state index contributed by atoms with van der Waals surface area (Å²) in [4.78, 5) is 27.4. The molecule has 1 aromatic carbocycles. The van der Waals surface area contributed by atoms with Crippen LogP contribution in [0.2, 0.25) is 0 Å². The van der Waals surface area contributed by atoms with Crippen molar-refractivity contribution in [1.29, 1.82) is 0 Å². The van der Waals surface area contributed by atoms with Crippen molar-refractivity contribution >= 4 is 11.7 Å². The van der Waals surface area contributed by atoms with Crippen molar-refractivity contribution in [2.75, 3.05) is 19.8 Å². The Morgan fingerprint density at radius 2 is 1.96 bits per heavy atom. The summed E-state index contributed by atoms with van der Waals surface area (Å²) in [5.74, 6) is 0.859. The molecular formula is C19H25N3O3. The molecule has 4 rings (SSSR count). The second-order valence-corrected chi connectivity index (χ2v) is 7.27. The van der Waals surface area contributed by atoms with E-state index in [0.717, 1.165) is 6.42 Å². The van der Waals surface area contributed by atoms with Gasteiger partial charge < -0.3 is 9.64 Å². The molecule has 25 heavy (non-hydrogen) atoms. The largest absolute Gasteiger partial charge is 0.377 e. The maximum atomic E-state index is 13.0. The van der Waals surface area contributed by atoms with Gasteiger partial charge >= 0.3 is 0 Å².